The van der Waals surface area contributed by atoms with Gasteiger partial charge in [0, 0.05) is 36.2 Å². The van der Waals surface area contributed by atoms with Gasteiger partial charge in [0.05, 0.1) is 11.5 Å². The van der Waals surface area contributed by atoms with E-state index in [1.807, 2.05) is 6.07 Å². The number of nitro benzene ring substituents is 1. The highest BCUT2D eigenvalue weighted by molar-refractivity contribution is 7.15. The lowest BCUT2D eigenvalue weighted by molar-refractivity contribution is -0.384. The van der Waals surface area contributed by atoms with Crippen LogP contribution < -0.4 is 10.6 Å². The molecule has 0 radical (unpaired) electrons. The van der Waals surface area contributed by atoms with E-state index in [2.05, 4.69) is 20.6 Å². The third kappa shape index (κ3) is 3.69. The Balaban J connectivity index is 1.66. The van der Waals surface area contributed by atoms with E-state index in [4.69, 9.17) is 0 Å². The van der Waals surface area contributed by atoms with Crippen LogP contribution in [0.4, 0.5) is 10.8 Å². The van der Waals surface area contributed by atoms with Crippen molar-refractivity contribution in [3.63, 3.8) is 0 Å². The summed E-state index contributed by atoms with van der Waals surface area (Å²) in [7, 11) is 0. The molecule has 1 aliphatic heterocycles. The van der Waals surface area contributed by atoms with Crippen molar-refractivity contribution in [1.29, 1.82) is 0 Å². The molecule has 0 unspecified atom stereocenters. The Morgan fingerprint density at radius 3 is 3.09 bits per heavy atom. The minimum atomic E-state index is -0.419. The molecule has 1 aromatic carbocycles. The molecule has 2 heterocycles. The van der Waals surface area contributed by atoms with Crippen LogP contribution in [0.25, 0.3) is 0 Å². The molecule has 1 aliphatic rings. The van der Waals surface area contributed by atoms with Crippen LogP contribution in [0.5, 0.6) is 0 Å². The molecule has 0 fully saturated rings. The third-order valence-electron chi connectivity index (χ3n) is 3.16. The van der Waals surface area contributed by atoms with Gasteiger partial charge in [-0.3, -0.25) is 25.2 Å². The monoisotopic (exact) mass is 331 g/mol. The first kappa shape index (κ1) is 15.1. The van der Waals surface area contributed by atoms with E-state index in [-0.39, 0.29) is 11.6 Å². The summed E-state index contributed by atoms with van der Waals surface area (Å²) in [4.78, 5) is 31.4. The smallest absolute Gasteiger partial charge is 0.292 e. The van der Waals surface area contributed by atoms with Crippen LogP contribution in [0.15, 0.2) is 35.5 Å². The Kier molecular flexibility index (Phi) is 4.29. The van der Waals surface area contributed by atoms with Crippen LogP contribution in [-0.4, -0.2) is 34.7 Å². The van der Waals surface area contributed by atoms with Crippen LogP contribution in [-0.2, 0) is 11.2 Å². The lowest BCUT2D eigenvalue weighted by Crippen LogP contribution is -2.32. The van der Waals surface area contributed by atoms with Gasteiger partial charge in [0.2, 0.25) is 0 Å². The second-order valence-electron chi connectivity index (χ2n) is 4.85. The highest BCUT2D eigenvalue weighted by Crippen LogP contribution is 2.23. The number of hydrogen-bond acceptors (Lipinski definition) is 7. The van der Waals surface area contributed by atoms with Gasteiger partial charge in [-0.1, -0.05) is 12.1 Å². The van der Waals surface area contributed by atoms with Crippen LogP contribution in [0.3, 0.4) is 0 Å². The van der Waals surface area contributed by atoms with Crippen LogP contribution >= 0.6 is 11.3 Å². The largest absolute Gasteiger partial charge is 0.364 e. The minimum Gasteiger partial charge on any atom is -0.364 e. The van der Waals surface area contributed by atoms with Crippen molar-refractivity contribution in [1.82, 2.24) is 10.3 Å². The molecule has 0 bridgehead atoms. The van der Waals surface area contributed by atoms with Gasteiger partial charge >= 0.3 is 0 Å². The summed E-state index contributed by atoms with van der Waals surface area (Å²) in [5.41, 5.74) is 0.883. The van der Waals surface area contributed by atoms with E-state index in [9.17, 15) is 14.9 Å². The molecular formula is C14H13N5O3S. The predicted molar refractivity (Wildman–Crippen MR) is 87.0 cm³/mol. The zero-order chi connectivity index (χ0) is 16.2. The first-order valence-electron chi connectivity index (χ1n) is 6.89. The molecule has 1 amide bonds. The lowest BCUT2D eigenvalue weighted by Gasteiger charge is -2.01. The Morgan fingerprint density at radius 1 is 1.48 bits per heavy atom. The summed E-state index contributed by atoms with van der Waals surface area (Å²) >= 11 is 1.33. The summed E-state index contributed by atoms with van der Waals surface area (Å²) in [6, 6.07) is 6.47. The molecule has 23 heavy (non-hydrogen) atoms. The quantitative estimate of drug-likeness (QED) is 0.638. The molecule has 2 N–H and O–H groups in total. The van der Waals surface area contributed by atoms with Crippen molar-refractivity contribution in [3.8, 4) is 0 Å². The Morgan fingerprint density at radius 2 is 2.35 bits per heavy atom. The summed E-state index contributed by atoms with van der Waals surface area (Å²) < 4.78 is 0. The maximum atomic E-state index is 11.9. The first-order chi connectivity index (χ1) is 11.1. The third-order valence-corrected chi connectivity index (χ3v) is 4.08. The number of amides is 1. The molecule has 0 saturated heterocycles. The number of aromatic nitrogens is 1. The number of non-ortho nitro benzene ring substituents is 1. The molecule has 0 spiro atoms. The molecule has 0 aliphatic carbocycles. The number of hydrogen-bond donors (Lipinski definition) is 2. The average molecular weight is 331 g/mol. The van der Waals surface area contributed by atoms with E-state index >= 15 is 0 Å². The molecule has 8 nitrogen and oxygen atoms in total. The van der Waals surface area contributed by atoms with Gasteiger partial charge in [0.15, 0.2) is 11.0 Å². The highest BCUT2D eigenvalue weighted by atomic mass is 32.1. The number of amidine groups is 1. The number of nitrogens with zero attached hydrogens (tertiary/aromatic N) is 3. The number of aliphatic imine (C=N–C) groups is 1. The van der Waals surface area contributed by atoms with Crippen LogP contribution in [0.1, 0.15) is 10.4 Å². The van der Waals surface area contributed by atoms with E-state index in [1.54, 1.807) is 12.3 Å². The number of anilines is 1. The minimum absolute atomic E-state index is 0.0610. The normalized spacial score (nSPS) is 13.3. The van der Waals surface area contributed by atoms with Crippen molar-refractivity contribution >= 4 is 33.9 Å². The molecular weight excluding hydrogens is 318 g/mol. The van der Waals surface area contributed by atoms with Gasteiger partial charge in [0.25, 0.3) is 11.6 Å². The lowest BCUT2D eigenvalue weighted by atomic mass is 10.1. The maximum absolute atomic E-state index is 11.9. The van der Waals surface area contributed by atoms with E-state index in [1.165, 1.54) is 23.5 Å². The van der Waals surface area contributed by atoms with Crippen LogP contribution in [0.2, 0.25) is 0 Å². The van der Waals surface area contributed by atoms with Crippen LogP contribution in [0, 0.1) is 10.1 Å². The van der Waals surface area contributed by atoms with Gasteiger partial charge in [-0.15, -0.1) is 11.3 Å². The van der Waals surface area contributed by atoms with Crippen molar-refractivity contribution in [2.24, 2.45) is 4.99 Å². The second-order valence-corrected chi connectivity index (χ2v) is 5.96. The Labute approximate surface area is 135 Å². The summed E-state index contributed by atoms with van der Waals surface area (Å²) in [5, 5.41) is 16.8. The zero-order valence-corrected chi connectivity index (χ0v) is 12.8. The maximum Gasteiger partial charge on any atom is 0.292 e. The number of rotatable bonds is 5. The number of thiazole rings is 1. The number of carbonyl (C=O) groups excluding carboxylic acids is 1. The predicted octanol–water partition coefficient (Wildman–Crippen LogP) is 1.58. The highest BCUT2D eigenvalue weighted by Gasteiger charge is 2.16. The number of nitrogens with one attached hydrogen (secondary N) is 2. The molecule has 9 heteroatoms. The number of carbonyl (C=O) groups is 1. The molecule has 0 atom stereocenters. The second kappa shape index (κ2) is 6.53. The first-order valence-corrected chi connectivity index (χ1v) is 7.71. The zero-order valence-electron chi connectivity index (χ0n) is 12.0. The number of benzene rings is 1. The van der Waals surface area contributed by atoms with E-state index in [0.29, 0.717) is 30.5 Å². The van der Waals surface area contributed by atoms with Crippen molar-refractivity contribution in [2.45, 2.75) is 6.42 Å². The average Bonchev–Trinajstić information content (AvgIpc) is 3.19. The van der Waals surface area contributed by atoms with Crippen molar-refractivity contribution in [2.75, 3.05) is 18.4 Å². The molecule has 1 aromatic heterocycles. The summed E-state index contributed by atoms with van der Waals surface area (Å²) in [6.07, 6.45) is 2.18. The van der Waals surface area contributed by atoms with Gasteiger partial charge < -0.3 is 5.32 Å². The standard InChI is InChI=1S/C14H13N5O3S/c20-13(12-15-4-5-16-12)18-14-17-8-11(23-14)7-9-2-1-3-10(6-9)19(21)22/h1-3,6,8H,4-5,7H2,(H,15,16)(H,17,18,20). The number of nitro groups is 1. The molecule has 0 saturated carbocycles. The van der Waals surface area contributed by atoms with Gasteiger partial charge in [-0.05, 0) is 5.56 Å². The molecule has 118 valence electrons. The van der Waals surface area contributed by atoms with Crippen molar-refractivity contribution in [3.05, 3.63) is 51.0 Å². The van der Waals surface area contributed by atoms with Gasteiger partial charge in [0.1, 0.15) is 0 Å². The Bertz CT molecular complexity index is 786. The topological polar surface area (TPSA) is 110 Å². The van der Waals surface area contributed by atoms with E-state index in [0.717, 1.165) is 10.4 Å². The molecule has 2 aromatic rings. The fourth-order valence-corrected chi connectivity index (χ4v) is 2.98. The molecule has 3 rings (SSSR count). The van der Waals surface area contributed by atoms with E-state index < -0.39 is 4.92 Å². The summed E-state index contributed by atoms with van der Waals surface area (Å²) in [5.74, 6) is 0.0131. The van der Waals surface area contributed by atoms with Crippen molar-refractivity contribution < 1.29 is 9.72 Å². The Hall–Kier alpha value is -2.81. The SMILES string of the molecule is O=C(Nc1ncc(Cc2cccc([N+](=O)[O-])c2)s1)C1=NCCN1. The van der Waals surface area contributed by atoms with Gasteiger partial charge in [-0.2, -0.15) is 0 Å². The summed E-state index contributed by atoms with van der Waals surface area (Å²) in [6.45, 7) is 1.26. The fourth-order valence-electron chi connectivity index (χ4n) is 2.13. The van der Waals surface area contributed by atoms with Gasteiger partial charge in [-0.25, -0.2) is 4.98 Å². The fraction of sp³-hybridized carbons (Fsp3) is 0.214.